The largest absolute Gasteiger partial charge is 0.550 e. The molecule has 0 heterocycles. The molecular weight excluding hydrogens is 132 g/mol. The third-order valence-corrected chi connectivity index (χ3v) is 1.14. The highest BCUT2D eigenvalue weighted by atomic mass is 16.4. The maximum atomic E-state index is 10.7. The molecule has 58 valence electrons. The number of Topliss-reactive ketones (excluding diaryl/α,β-unsaturated/α-hetero) is 1. The van der Waals surface area contributed by atoms with Crippen LogP contribution in [0.3, 0.4) is 0 Å². The molecule has 0 bridgehead atoms. The van der Waals surface area contributed by atoms with Gasteiger partial charge in [0, 0.05) is 18.8 Å². The van der Waals surface area contributed by atoms with Gasteiger partial charge in [0.2, 0.25) is 0 Å². The maximum absolute atomic E-state index is 10.7. The smallest absolute Gasteiger partial charge is 0.133 e. The lowest BCUT2D eigenvalue weighted by atomic mass is 10.1. The van der Waals surface area contributed by atoms with Crippen molar-refractivity contribution in [1.29, 1.82) is 0 Å². The third kappa shape index (κ3) is 5.28. The lowest BCUT2D eigenvalue weighted by molar-refractivity contribution is -0.305. The molecule has 3 nitrogen and oxygen atoms in total. The van der Waals surface area contributed by atoms with Crippen LogP contribution in [0.2, 0.25) is 0 Å². The molecule has 0 aliphatic rings. The van der Waals surface area contributed by atoms with Crippen molar-refractivity contribution in [3.05, 3.63) is 0 Å². The number of ketones is 1. The fraction of sp³-hybridized carbons (Fsp3) is 0.714. The monoisotopic (exact) mass is 143 g/mol. The summed E-state index contributed by atoms with van der Waals surface area (Å²) in [6, 6.07) is 0. The molecule has 3 heteroatoms. The Balaban J connectivity index is 3.30. The van der Waals surface area contributed by atoms with Gasteiger partial charge in [-0.2, -0.15) is 0 Å². The number of carboxylic acids is 1. The summed E-state index contributed by atoms with van der Waals surface area (Å²) in [5.41, 5.74) is 0. The van der Waals surface area contributed by atoms with Gasteiger partial charge in [0.1, 0.15) is 5.78 Å². The summed E-state index contributed by atoms with van der Waals surface area (Å²) in [5, 5.41) is 9.84. The zero-order valence-electron chi connectivity index (χ0n) is 6.05. The number of carbonyl (C=O) groups excluding carboxylic acids is 2. The fourth-order valence-electron chi connectivity index (χ4n) is 0.645. The van der Waals surface area contributed by atoms with E-state index in [2.05, 4.69) is 0 Å². The summed E-state index contributed by atoms with van der Waals surface area (Å²) < 4.78 is 0. The average molecular weight is 143 g/mol. The summed E-state index contributed by atoms with van der Waals surface area (Å²) in [6.07, 6.45) is 1.24. The van der Waals surface area contributed by atoms with E-state index in [0.717, 1.165) is 6.42 Å². The Hall–Kier alpha value is -0.860. The van der Waals surface area contributed by atoms with Gasteiger partial charge in [-0.1, -0.05) is 6.92 Å². The Morgan fingerprint density at radius 3 is 2.20 bits per heavy atom. The van der Waals surface area contributed by atoms with Crippen molar-refractivity contribution in [2.24, 2.45) is 0 Å². The minimum Gasteiger partial charge on any atom is -0.550 e. The van der Waals surface area contributed by atoms with Gasteiger partial charge in [-0.25, -0.2) is 0 Å². The molecule has 10 heavy (non-hydrogen) atoms. The van der Waals surface area contributed by atoms with Crippen LogP contribution in [0, 0.1) is 0 Å². The molecule has 0 radical (unpaired) electrons. The normalized spacial score (nSPS) is 9.30. The molecule has 0 atom stereocenters. The second-order valence-corrected chi connectivity index (χ2v) is 2.16. The first kappa shape index (κ1) is 9.14. The van der Waals surface area contributed by atoms with Crippen molar-refractivity contribution in [1.82, 2.24) is 0 Å². The van der Waals surface area contributed by atoms with Crippen molar-refractivity contribution in [2.45, 2.75) is 32.6 Å². The van der Waals surface area contributed by atoms with Gasteiger partial charge in [-0.15, -0.1) is 0 Å². The highest BCUT2D eigenvalue weighted by Crippen LogP contribution is 1.96. The third-order valence-electron chi connectivity index (χ3n) is 1.14. The molecule has 0 spiro atoms. The standard InChI is InChI=1S/C7H12O3/c1-2-3-6(8)4-5-7(9)10/h2-5H2,1H3,(H,9,10)/p-1. The van der Waals surface area contributed by atoms with Gasteiger partial charge in [0.25, 0.3) is 0 Å². The highest BCUT2D eigenvalue weighted by Gasteiger charge is 1.98. The van der Waals surface area contributed by atoms with E-state index in [1.807, 2.05) is 6.92 Å². The molecule has 0 aromatic rings. The molecule has 0 N–H and O–H groups in total. The summed E-state index contributed by atoms with van der Waals surface area (Å²) in [4.78, 5) is 20.5. The van der Waals surface area contributed by atoms with Crippen LogP contribution in [0.15, 0.2) is 0 Å². The van der Waals surface area contributed by atoms with Crippen LogP contribution in [0.1, 0.15) is 32.6 Å². The number of hydrogen-bond acceptors (Lipinski definition) is 3. The van der Waals surface area contributed by atoms with E-state index in [0.29, 0.717) is 6.42 Å². The van der Waals surface area contributed by atoms with Gasteiger partial charge in [-0.05, 0) is 12.8 Å². The lowest BCUT2D eigenvalue weighted by Gasteiger charge is -1.98. The number of carbonyl (C=O) groups is 2. The molecule has 0 aromatic heterocycles. The highest BCUT2D eigenvalue weighted by molar-refractivity contribution is 5.81. The number of rotatable bonds is 5. The van der Waals surface area contributed by atoms with Crippen LogP contribution >= 0.6 is 0 Å². The Labute approximate surface area is 60.0 Å². The zero-order chi connectivity index (χ0) is 7.98. The first-order valence-electron chi connectivity index (χ1n) is 3.38. The van der Waals surface area contributed by atoms with E-state index in [-0.39, 0.29) is 18.6 Å². The van der Waals surface area contributed by atoms with E-state index >= 15 is 0 Å². The maximum Gasteiger partial charge on any atom is 0.133 e. The van der Waals surface area contributed by atoms with Crippen LogP contribution in [-0.2, 0) is 9.59 Å². The summed E-state index contributed by atoms with van der Waals surface area (Å²) in [7, 11) is 0. The van der Waals surface area contributed by atoms with Crippen LogP contribution < -0.4 is 5.11 Å². The fourth-order valence-corrected chi connectivity index (χ4v) is 0.645. The topological polar surface area (TPSA) is 57.2 Å². The van der Waals surface area contributed by atoms with Gasteiger partial charge < -0.3 is 9.90 Å². The van der Waals surface area contributed by atoms with Crippen molar-refractivity contribution in [2.75, 3.05) is 0 Å². The van der Waals surface area contributed by atoms with Crippen molar-refractivity contribution < 1.29 is 14.7 Å². The Kier molecular flexibility index (Phi) is 4.54. The molecule has 0 fully saturated rings. The van der Waals surface area contributed by atoms with E-state index < -0.39 is 5.97 Å². The summed E-state index contributed by atoms with van der Waals surface area (Å²) in [5.74, 6) is -1.14. The summed E-state index contributed by atoms with van der Waals surface area (Å²) in [6.45, 7) is 1.89. The molecule has 0 unspecified atom stereocenters. The summed E-state index contributed by atoms with van der Waals surface area (Å²) >= 11 is 0. The molecule has 0 aliphatic carbocycles. The van der Waals surface area contributed by atoms with Crippen LogP contribution in [-0.4, -0.2) is 11.8 Å². The first-order chi connectivity index (χ1) is 4.66. The molecule has 0 saturated heterocycles. The van der Waals surface area contributed by atoms with Crippen molar-refractivity contribution >= 4 is 11.8 Å². The van der Waals surface area contributed by atoms with Gasteiger partial charge in [-0.3, -0.25) is 4.79 Å². The van der Waals surface area contributed by atoms with E-state index in [1.54, 1.807) is 0 Å². The van der Waals surface area contributed by atoms with E-state index in [1.165, 1.54) is 0 Å². The van der Waals surface area contributed by atoms with Gasteiger partial charge in [0.15, 0.2) is 0 Å². The van der Waals surface area contributed by atoms with E-state index in [4.69, 9.17) is 0 Å². The van der Waals surface area contributed by atoms with Crippen LogP contribution in [0.5, 0.6) is 0 Å². The second-order valence-electron chi connectivity index (χ2n) is 2.16. The number of carboxylic acid groups (broad SMARTS) is 1. The quantitative estimate of drug-likeness (QED) is 0.539. The Morgan fingerprint density at radius 1 is 1.20 bits per heavy atom. The Morgan fingerprint density at radius 2 is 1.80 bits per heavy atom. The minimum absolute atomic E-state index is 0.00620. The SMILES string of the molecule is CCCC(=O)CCC(=O)[O-]. The predicted molar refractivity (Wildman–Crippen MR) is 34.2 cm³/mol. The minimum atomic E-state index is -1.15. The van der Waals surface area contributed by atoms with E-state index in [9.17, 15) is 14.7 Å². The van der Waals surface area contributed by atoms with Crippen LogP contribution in [0.25, 0.3) is 0 Å². The van der Waals surface area contributed by atoms with Crippen LogP contribution in [0.4, 0.5) is 0 Å². The zero-order valence-corrected chi connectivity index (χ0v) is 6.05. The molecule has 0 saturated carbocycles. The molecule has 0 aromatic carbocycles. The molecule has 0 amide bonds. The Bertz CT molecular complexity index is 129. The lowest BCUT2D eigenvalue weighted by Crippen LogP contribution is -2.22. The van der Waals surface area contributed by atoms with Gasteiger partial charge >= 0.3 is 0 Å². The number of hydrogen-bond donors (Lipinski definition) is 0. The predicted octanol–water partition coefficient (Wildman–Crippen LogP) is -0.114. The second kappa shape index (κ2) is 4.97. The average Bonchev–Trinajstić information content (AvgIpc) is 1.85. The van der Waals surface area contributed by atoms with Crippen molar-refractivity contribution in [3.63, 3.8) is 0 Å². The number of aliphatic carboxylic acids is 1. The first-order valence-corrected chi connectivity index (χ1v) is 3.38. The molecular formula is C7H11O3-. The van der Waals surface area contributed by atoms with Gasteiger partial charge in [0.05, 0.1) is 0 Å². The van der Waals surface area contributed by atoms with Crippen molar-refractivity contribution in [3.8, 4) is 0 Å². The molecule has 0 rings (SSSR count). The molecule has 0 aliphatic heterocycles.